The molecule has 1 N–H and O–H groups in total. The van der Waals surface area contributed by atoms with Crippen molar-refractivity contribution >= 4 is 11.6 Å². The third kappa shape index (κ3) is 2.72. The highest BCUT2D eigenvalue weighted by atomic mass is 16.1. The van der Waals surface area contributed by atoms with Gasteiger partial charge < -0.3 is 10.2 Å². The van der Waals surface area contributed by atoms with Crippen molar-refractivity contribution in [3.63, 3.8) is 0 Å². The Balaban J connectivity index is 1.68. The Morgan fingerprint density at radius 3 is 2.17 bits per heavy atom. The molecule has 0 bridgehead atoms. The van der Waals surface area contributed by atoms with Crippen LogP contribution in [0.2, 0.25) is 0 Å². The molecule has 1 atom stereocenters. The van der Waals surface area contributed by atoms with Crippen LogP contribution in [0.15, 0.2) is 24.3 Å². The lowest BCUT2D eigenvalue weighted by Crippen LogP contribution is -2.69. The summed E-state index contributed by atoms with van der Waals surface area (Å²) in [6.45, 7) is 15.8. The molecule has 1 amide bonds. The molecule has 0 unspecified atom stereocenters. The number of amides is 1. The largest absolute Gasteiger partial charge is 0.371 e. The lowest BCUT2D eigenvalue weighted by Gasteiger charge is -2.63. The maximum atomic E-state index is 12.7. The minimum atomic E-state index is 0.0504. The summed E-state index contributed by atoms with van der Waals surface area (Å²) in [4.78, 5) is 15.1. The first-order valence-electron chi connectivity index (χ1n) is 9.30. The number of anilines is 1. The van der Waals surface area contributed by atoms with Crippen LogP contribution >= 0.6 is 0 Å². The van der Waals surface area contributed by atoms with E-state index in [1.807, 2.05) is 12.1 Å². The highest BCUT2D eigenvalue weighted by Gasteiger charge is 2.59. The van der Waals surface area contributed by atoms with Crippen LogP contribution in [-0.2, 0) is 0 Å². The first kappa shape index (κ1) is 17.3. The summed E-state index contributed by atoms with van der Waals surface area (Å²) in [6, 6.07) is 8.33. The number of hydrogen-bond acceptors (Lipinski definition) is 2. The Kier molecular flexibility index (Phi) is 4.17. The van der Waals surface area contributed by atoms with Gasteiger partial charge >= 0.3 is 0 Å². The Hall–Kier alpha value is -1.51. The second kappa shape index (κ2) is 5.79. The van der Waals surface area contributed by atoms with Gasteiger partial charge in [0.1, 0.15) is 0 Å². The summed E-state index contributed by atoms with van der Waals surface area (Å²) < 4.78 is 0. The molecule has 24 heavy (non-hydrogen) atoms. The smallest absolute Gasteiger partial charge is 0.251 e. The van der Waals surface area contributed by atoms with Gasteiger partial charge in [-0.3, -0.25) is 4.79 Å². The van der Waals surface area contributed by atoms with Crippen molar-refractivity contribution in [2.24, 2.45) is 22.7 Å². The summed E-state index contributed by atoms with van der Waals surface area (Å²) in [5, 5.41) is 3.29. The highest BCUT2D eigenvalue weighted by molar-refractivity contribution is 5.95. The predicted octanol–water partition coefficient (Wildman–Crippen LogP) is 4.33. The standard InChI is InChI=1S/C21H32N2O/c1-14-11-12-23(13-14)17-9-7-16(8-10-17)18(24)22-19-20(3,4)15(2)21(19,5)6/h7-10,14-15,19H,11-13H2,1-6H3,(H,22,24)/t14-,15?,19?/m0/s1. The van der Waals surface area contributed by atoms with Crippen molar-refractivity contribution in [1.82, 2.24) is 5.32 Å². The number of nitrogens with zero attached hydrogens (tertiary/aromatic N) is 1. The average Bonchev–Trinajstić information content (AvgIpc) is 2.98. The van der Waals surface area contributed by atoms with Crippen molar-refractivity contribution in [1.29, 1.82) is 0 Å². The van der Waals surface area contributed by atoms with E-state index in [1.54, 1.807) is 0 Å². The van der Waals surface area contributed by atoms with E-state index in [-0.39, 0.29) is 22.8 Å². The molecule has 3 rings (SSSR count). The molecule has 0 aromatic heterocycles. The van der Waals surface area contributed by atoms with Gasteiger partial charge in [0.25, 0.3) is 5.91 Å². The van der Waals surface area contributed by atoms with Crippen molar-refractivity contribution in [3.8, 4) is 0 Å². The van der Waals surface area contributed by atoms with Crippen LogP contribution in [0.1, 0.15) is 58.3 Å². The van der Waals surface area contributed by atoms with Gasteiger partial charge in [-0.25, -0.2) is 0 Å². The van der Waals surface area contributed by atoms with E-state index in [1.165, 1.54) is 12.1 Å². The van der Waals surface area contributed by atoms with E-state index < -0.39 is 0 Å². The molecule has 132 valence electrons. The summed E-state index contributed by atoms with van der Waals surface area (Å²) in [5.41, 5.74) is 2.28. The molecule has 2 fully saturated rings. The number of benzene rings is 1. The normalized spacial score (nSPS) is 30.8. The zero-order valence-corrected chi connectivity index (χ0v) is 16.0. The van der Waals surface area contributed by atoms with E-state index in [0.717, 1.165) is 24.6 Å². The van der Waals surface area contributed by atoms with E-state index in [4.69, 9.17) is 0 Å². The van der Waals surface area contributed by atoms with Gasteiger partial charge in [0.05, 0.1) is 0 Å². The predicted molar refractivity (Wildman–Crippen MR) is 100 cm³/mol. The number of nitrogens with one attached hydrogen (secondary N) is 1. The van der Waals surface area contributed by atoms with Gasteiger partial charge in [-0.15, -0.1) is 0 Å². The molecule has 1 aliphatic carbocycles. The van der Waals surface area contributed by atoms with Crippen molar-refractivity contribution in [2.75, 3.05) is 18.0 Å². The minimum Gasteiger partial charge on any atom is -0.371 e. The molecular formula is C21H32N2O. The quantitative estimate of drug-likeness (QED) is 0.895. The molecule has 1 aromatic carbocycles. The maximum absolute atomic E-state index is 12.7. The number of hydrogen-bond donors (Lipinski definition) is 1. The van der Waals surface area contributed by atoms with Gasteiger partial charge in [0, 0.05) is 30.4 Å². The van der Waals surface area contributed by atoms with Crippen molar-refractivity contribution in [2.45, 2.75) is 54.0 Å². The number of rotatable bonds is 3. The van der Waals surface area contributed by atoms with Gasteiger partial charge in [0.2, 0.25) is 0 Å². The molecule has 1 aliphatic heterocycles. The molecule has 1 heterocycles. The summed E-state index contributed by atoms with van der Waals surface area (Å²) in [5.74, 6) is 1.40. The SMILES string of the molecule is CC1C(C)(C)C(NC(=O)c2ccc(N3CC[C@H](C)C3)cc2)C1(C)C. The first-order valence-corrected chi connectivity index (χ1v) is 9.30. The van der Waals surface area contributed by atoms with E-state index in [2.05, 4.69) is 63.9 Å². The van der Waals surface area contributed by atoms with Crippen LogP contribution in [0.3, 0.4) is 0 Å². The van der Waals surface area contributed by atoms with Crippen molar-refractivity contribution in [3.05, 3.63) is 29.8 Å². The topological polar surface area (TPSA) is 32.3 Å². The van der Waals surface area contributed by atoms with Crippen LogP contribution in [0.5, 0.6) is 0 Å². The third-order valence-corrected chi connectivity index (χ3v) is 6.91. The van der Waals surface area contributed by atoms with Crippen LogP contribution < -0.4 is 10.2 Å². The third-order valence-electron chi connectivity index (χ3n) is 6.91. The Morgan fingerprint density at radius 1 is 1.08 bits per heavy atom. The maximum Gasteiger partial charge on any atom is 0.251 e. The van der Waals surface area contributed by atoms with Gasteiger partial charge in [-0.1, -0.05) is 41.5 Å². The monoisotopic (exact) mass is 328 g/mol. The number of carbonyl (C=O) groups excluding carboxylic acids is 1. The van der Waals surface area contributed by atoms with Gasteiger partial charge in [0.15, 0.2) is 0 Å². The molecule has 0 spiro atoms. The van der Waals surface area contributed by atoms with Gasteiger partial charge in [-0.05, 0) is 53.4 Å². The van der Waals surface area contributed by atoms with Crippen molar-refractivity contribution < 1.29 is 4.79 Å². The minimum absolute atomic E-state index is 0.0504. The number of carbonyl (C=O) groups is 1. The van der Waals surface area contributed by atoms with E-state index >= 15 is 0 Å². The summed E-state index contributed by atoms with van der Waals surface area (Å²) in [6.07, 6.45) is 1.26. The average molecular weight is 329 g/mol. The van der Waals surface area contributed by atoms with Gasteiger partial charge in [-0.2, -0.15) is 0 Å². The molecule has 1 saturated carbocycles. The molecule has 3 heteroatoms. The lowest BCUT2D eigenvalue weighted by molar-refractivity contribution is -0.110. The Bertz CT molecular complexity index is 601. The molecule has 3 nitrogen and oxygen atoms in total. The molecule has 0 radical (unpaired) electrons. The van der Waals surface area contributed by atoms with E-state index in [0.29, 0.717) is 5.92 Å². The zero-order chi connectivity index (χ0) is 17.7. The second-order valence-electron chi connectivity index (χ2n) is 9.16. The van der Waals surface area contributed by atoms with Crippen LogP contribution in [0.25, 0.3) is 0 Å². The fourth-order valence-electron chi connectivity index (χ4n) is 4.90. The summed E-state index contributed by atoms with van der Waals surface area (Å²) in [7, 11) is 0. The molecule has 1 aromatic rings. The highest BCUT2D eigenvalue weighted by Crippen LogP contribution is 2.58. The summed E-state index contributed by atoms with van der Waals surface area (Å²) >= 11 is 0. The fraction of sp³-hybridized carbons (Fsp3) is 0.667. The van der Waals surface area contributed by atoms with Crippen LogP contribution in [0.4, 0.5) is 5.69 Å². The Labute approximate surface area is 146 Å². The zero-order valence-electron chi connectivity index (χ0n) is 16.0. The van der Waals surface area contributed by atoms with Crippen LogP contribution in [0, 0.1) is 22.7 Å². The fourth-order valence-corrected chi connectivity index (χ4v) is 4.90. The van der Waals surface area contributed by atoms with Crippen LogP contribution in [-0.4, -0.2) is 25.0 Å². The lowest BCUT2D eigenvalue weighted by atomic mass is 9.45. The molecular weight excluding hydrogens is 296 g/mol. The molecule has 1 saturated heterocycles. The first-order chi connectivity index (χ1) is 11.1. The van der Waals surface area contributed by atoms with E-state index in [9.17, 15) is 4.79 Å². The Morgan fingerprint density at radius 2 is 1.67 bits per heavy atom. The second-order valence-corrected chi connectivity index (χ2v) is 9.16. The molecule has 2 aliphatic rings.